The van der Waals surface area contributed by atoms with Gasteiger partial charge < -0.3 is 0 Å². The summed E-state index contributed by atoms with van der Waals surface area (Å²) in [6.07, 6.45) is 4.37. The molecule has 1 aromatic heterocycles. The number of ketones is 1. The maximum Gasteiger partial charge on any atom is 0.271 e. The lowest BCUT2D eigenvalue weighted by Crippen LogP contribution is -2.20. The third-order valence-electron chi connectivity index (χ3n) is 5.99. The highest BCUT2D eigenvalue weighted by atomic mass is 32.2. The first-order valence-corrected chi connectivity index (χ1v) is 11.9. The Bertz CT molecular complexity index is 1240. The molecule has 162 valence electrons. The molecule has 1 fully saturated rings. The fourth-order valence-corrected chi connectivity index (χ4v) is 5.75. The number of benzene rings is 2. The van der Waals surface area contributed by atoms with Crippen molar-refractivity contribution < 1.29 is 18.0 Å². The molecule has 1 N–H and O–H groups in total. The highest BCUT2D eigenvalue weighted by molar-refractivity contribution is 7.90. The number of fused-ring (bicyclic) bond motifs is 1. The van der Waals surface area contributed by atoms with Crippen molar-refractivity contribution in [1.29, 1.82) is 0 Å². The van der Waals surface area contributed by atoms with Crippen LogP contribution in [0.15, 0.2) is 53.4 Å². The normalized spacial score (nSPS) is 15.8. The van der Waals surface area contributed by atoms with Crippen LogP contribution in [0.4, 0.5) is 5.95 Å². The molecule has 3 aromatic rings. The van der Waals surface area contributed by atoms with Crippen LogP contribution in [0.2, 0.25) is 0 Å². The number of nitrogens with zero attached hydrogens (tertiary/aromatic N) is 2. The molecule has 7 nitrogen and oxygen atoms in total. The Labute approximate surface area is 181 Å². The summed E-state index contributed by atoms with van der Waals surface area (Å²) in [4.78, 5) is 29.2. The van der Waals surface area contributed by atoms with Gasteiger partial charge in [-0.3, -0.25) is 14.9 Å². The van der Waals surface area contributed by atoms with Crippen molar-refractivity contribution >= 4 is 38.7 Å². The minimum absolute atomic E-state index is 0.000244. The monoisotopic (exact) mass is 439 g/mol. The second-order valence-electron chi connectivity index (χ2n) is 8.10. The van der Waals surface area contributed by atoms with E-state index in [1.54, 1.807) is 36.4 Å². The Kier molecular flexibility index (Phi) is 5.66. The van der Waals surface area contributed by atoms with Gasteiger partial charge in [-0.15, -0.1) is 0 Å². The summed E-state index contributed by atoms with van der Waals surface area (Å²) in [6, 6.07) is 12.8. The van der Waals surface area contributed by atoms with Gasteiger partial charge in [-0.05, 0) is 49.1 Å². The van der Waals surface area contributed by atoms with Gasteiger partial charge in [-0.2, -0.15) is 0 Å². The summed E-state index contributed by atoms with van der Waals surface area (Å²) in [7, 11) is -4.05. The fraction of sp³-hybridized carbons (Fsp3) is 0.348. The van der Waals surface area contributed by atoms with Crippen LogP contribution in [0.25, 0.3) is 11.0 Å². The summed E-state index contributed by atoms with van der Waals surface area (Å²) < 4.78 is 27.9. The van der Waals surface area contributed by atoms with Gasteiger partial charge in [0.1, 0.15) is 0 Å². The van der Waals surface area contributed by atoms with E-state index < -0.39 is 15.9 Å². The molecule has 1 amide bonds. The number of rotatable bonds is 6. The zero-order chi connectivity index (χ0) is 22.2. The maximum absolute atomic E-state index is 13.4. The van der Waals surface area contributed by atoms with Crippen molar-refractivity contribution in [1.82, 2.24) is 8.96 Å². The van der Waals surface area contributed by atoms with Gasteiger partial charge in [0.05, 0.1) is 15.9 Å². The van der Waals surface area contributed by atoms with Crippen LogP contribution >= 0.6 is 0 Å². The quantitative estimate of drug-likeness (QED) is 0.579. The summed E-state index contributed by atoms with van der Waals surface area (Å²) in [5, 5.41) is 2.50. The highest BCUT2D eigenvalue weighted by Crippen LogP contribution is 2.34. The molecule has 1 saturated carbocycles. The summed E-state index contributed by atoms with van der Waals surface area (Å²) in [6.45, 7) is 3.24. The summed E-state index contributed by atoms with van der Waals surface area (Å²) in [5.41, 5.74) is 1.09. The van der Waals surface area contributed by atoms with E-state index in [1.165, 1.54) is 19.1 Å². The lowest BCUT2D eigenvalue weighted by atomic mass is 9.86. The Morgan fingerprint density at radius 3 is 2.42 bits per heavy atom. The number of anilines is 1. The lowest BCUT2D eigenvalue weighted by Gasteiger charge is -2.17. The number of carbonyl (C=O) groups is 2. The van der Waals surface area contributed by atoms with Crippen molar-refractivity contribution in [2.24, 2.45) is 11.8 Å². The third-order valence-corrected chi connectivity index (χ3v) is 7.71. The van der Waals surface area contributed by atoms with Crippen LogP contribution in [0.3, 0.4) is 0 Å². The van der Waals surface area contributed by atoms with Crippen molar-refractivity contribution in [3.63, 3.8) is 0 Å². The third kappa shape index (κ3) is 3.99. The molecule has 2 aromatic carbocycles. The Balaban J connectivity index is 1.85. The second kappa shape index (κ2) is 8.26. The molecule has 0 bridgehead atoms. The summed E-state index contributed by atoms with van der Waals surface area (Å²) in [5.74, 6) is -0.307. The van der Waals surface area contributed by atoms with Crippen LogP contribution in [-0.2, 0) is 14.8 Å². The van der Waals surface area contributed by atoms with Crippen molar-refractivity contribution in [3.8, 4) is 0 Å². The Morgan fingerprint density at radius 2 is 1.77 bits per heavy atom. The molecule has 0 saturated heterocycles. The van der Waals surface area contributed by atoms with Gasteiger partial charge in [0.2, 0.25) is 11.9 Å². The molecule has 4 rings (SSSR count). The van der Waals surface area contributed by atoms with E-state index in [2.05, 4.69) is 10.3 Å². The smallest absolute Gasteiger partial charge is 0.271 e. The average molecular weight is 440 g/mol. The first-order chi connectivity index (χ1) is 14.8. The largest absolute Gasteiger partial charge is 0.295 e. The van der Waals surface area contributed by atoms with Crippen LogP contribution in [-0.4, -0.2) is 29.1 Å². The van der Waals surface area contributed by atoms with Crippen molar-refractivity contribution in [2.45, 2.75) is 44.4 Å². The Morgan fingerprint density at radius 1 is 1.10 bits per heavy atom. The maximum atomic E-state index is 13.4. The van der Waals surface area contributed by atoms with E-state index in [1.807, 2.05) is 6.92 Å². The SMILES string of the molecule is CC(=O)Nc1nc2ccc(C(=O)C(C)C3CCCC3)cc2n1S(=O)(=O)c1ccccc1. The molecule has 31 heavy (non-hydrogen) atoms. The van der Waals surface area contributed by atoms with E-state index in [0.717, 1.165) is 29.7 Å². The zero-order valence-electron chi connectivity index (χ0n) is 17.5. The van der Waals surface area contributed by atoms with Crippen molar-refractivity contribution in [3.05, 3.63) is 54.1 Å². The molecule has 1 atom stereocenters. The number of hydrogen-bond acceptors (Lipinski definition) is 5. The van der Waals surface area contributed by atoms with Gasteiger partial charge in [0.15, 0.2) is 5.78 Å². The molecule has 0 spiro atoms. The molecule has 1 aliphatic carbocycles. The number of carbonyl (C=O) groups excluding carboxylic acids is 2. The van der Waals surface area contributed by atoms with E-state index in [4.69, 9.17) is 0 Å². The lowest BCUT2D eigenvalue weighted by molar-refractivity contribution is -0.114. The van der Waals surface area contributed by atoms with Crippen LogP contribution < -0.4 is 5.32 Å². The number of nitrogens with one attached hydrogen (secondary N) is 1. The second-order valence-corrected chi connectivity index (χ2v) is 9.89. The van der Waals surface area contributed by atoms with E-state index in [-0.39, 0.29) is 28.1 Å². The molecule has 0 radical (unpaired) electrons. The number of aromatic nitrogens is 2. The predicted octanol–water partition coefficient (Wildman–Crippen LogP) is 4.24. The Hall–Kier alpha value is -3.00. The van der Waals surface area contributed by atoms with E-state index in [9.17, 15) is 18.0 Å². The van der Waals surface area contributed by atoms with Gasteiger partial charge in [0, 0.05) is 18.4 Å². The number of Topliss-reactive ketones (excluding diaryl/α,β-unsaturated/α-hetero) is 1. The summed E-state index contributed by atoms with van der Waals surface area (Å²) >= 11 is 0. The number of hydrogen-bond donors (Lipinski definition) is 1. The topological polar surface area (TPSA) is 98.1 Å². The van der Waals surface area contributed by atoms with Crippen LogP contribution in [0, 0.1) is 11.8 Å². The van der Waals surface area contributed by atoms with Gasteiger partial charge in [-0.25, -0.2) is 17.4 Å². The minimum Gasteiger partial charge on any atom is -0.295 e. The van der Waals surface area contributed by atoms with Gasteiger partial charge in [-0.1, -0.05) is 38.0 Å². The molecule has 1 unspecified atom stereocenters. The molecule has 1 aliphatic rings. The standard InChI is InChI=1S/C23H25N3O4S/c1-15(17-8-6-7-9-17)22(28)18-12-13-20-21(14-18)26(23(25-20)24-16(2)27)31(29,30)19-10-4-3-5-11-19/h3-5,10-15,17H,6-9H2,1-2H3,(H,24,25,27). The molecule has 8 heteroatoms. The number of imidazole rings is 1. The fourth-order valence-electron chi connectivity index (χ4n) is 4.32. The average Bonchev–Trinajstić information content (AvgIpc) is 3.40. The zero-order valence-corrected chi connectivity index (χ0v) is 18.4. The predicted molar refractivity (Wildman–Crippen MR) is 119 cm³/mol. The van der Waals surface area contributed by atoms with Gasteiger partial charge in [0.25, 0.3) is 10.0 Å². The van der Waals surface area contributed by atoms with E-state index >= 15 is 0 Å². The minimum atomic E-state index is -4.05. The highest BCUT2D eigenvalue weighted by Gasteiger charge is 2.29. The number of amides is 1. The van der Waals surface area contributed by atoms with Gasteiger partial charge >= 0.3 is 0 Å². The van der Waals surface area contributed by atoms with Crippen LogP contribution in [0.1, 0.15) is 49.9 Å². The molecule has 1 heterocycles. The van der Waals surface area contributed by atoms with Crippen molar-refractivity contribution in [2.75, 3.05) is 5.32 Å². The first-order valence-electron chi connectivity index (χ1n) is 10.4. The molecular formula is C23H25N3O4S. The first kappa shape index (κ1) is 21.2. The molecule has 0 aliphatic heterocycles. The van der Waals surface area contributed by atoms with Crippen LogP contribution in [0.5, 0.6) is 0 Å². The van der Waals surface area contributed by atoms with E-state index in [0.29, 0.717) is 17.0 Å². The molecular weight excluding hydrogens is 414 g/mol.